The van der Waals surface area contributed by atoms with Gasteiger partial charge in [0, 0.05) is 5.56 Å². The normalized spacial score (nSPS) is 11.1. The lowest BCUT2D eigenvalue weighted by atomic mass is 10.1. The molecule has 0 bridgehead atoms. The van der Waals surface area contributed by atoms with Crippen LogP contribution in [0.15, 0.2) is 17.3 Å². The second-order valence-corrected chi connectivity index (χ2v) is 3.10. The first-order chi connectivity index (χ1) is 7.67. The van der Waals surface area contributed by atoms with Gasteiger partial charge in [-0.1, -0.05) is 5.16 Å². The molecule has 5 heteroatoms. The summed E-state index contributed by atoms with van der Waals surface area (Å²) in [5.74, 6) is 1.57. The fraction of sp³-hybridized carbons (Fsp3) is 0.364. The van der Waals surface area contributed by atoms with Crippen LogP contribution in [-0.4, -0.2) is 32.2 Å². The molecular formula is C11H15NO4. The van der Waals surface area contributed by atoms with Crippen LogP contribution < -0.4 is 14.2 Å². The predicted octanol–water partition coefficient (Wildman–Crippen LogP) is 1.91. The molecule has 1 aromatic rings. The second kappa shape index (κ2) is 5.25. The summed E-state index contributed by atoms with van der Waals surface area (Å²) in [5.41, 5.74) is 1.18. The molecule has 0 spiro atoms. The largest absolute Gasteiger partial charge is 0.493 e. The van der Waals surface area contributed by atoms with Gasteiger partial charge in [-0.05, 0) is 19.1 Å². The van der Waals surface area contributed by atoms with Crippen LogP contribution in [-0.2, 0) is 0 Å². The molecule has 1 rings (SSSR count). The number of hydrogen-bond donors (Lipinski definition) is 1. The van der Waals surface area contributed by atoms with Crippen LogP contribution in [0, 0.1) is 0 Å². The summed E-state index contributed by atoms with van der Waals surface area (Å²) in [5, 5.41) is 11.8. The Morgan fingerprint density at radius 1 is 1.06 bits per heavy atom. The van der Waals surface area contributed by atoms with Gasteiger partial charge >= 0.3 is 0 Å². The van der Waals surface area contributed by atoms with E-state index < -0.39 is 0 Å². The molecule has 88 valence electrons. The Morgan fingerprint density at radius 2 is 1.56 bits per heavy atom. The van der Waals surface area contributed by atoms with Crippen molar-refractivity contribution in [3.8, 4) is 17.2 Å². The first kappa shape index (κ1) is 12.2. The highest BCUT2D eigenvalue weighted by Gasteiger charge is 2.14. The maximum Gasteiger partial charge on any atom is 0.203 e. The van der Waals surface area contributed by atoms with Crippen molar-refractivity contribution in [3.63, 3.8) is 0 Å². The number of ether oxygens (including phenoxy) is 3. The summed E-state index contributed by atoms with van der Waals surface area (Å²) in [6.45, 7) is 1.68. The minimum Gasteiger partial charge on any atom is -0.493 e. The number of benzene rings is 1. The van der Waals surface area contributed by atoms with E-state index in [4.69, 9.17) is 19.4 Å². The van der Waals surface area contributed by atoms with Crippen LogP contribution in [0.5, 0.6) is 17.2 Å². The molecule has 0 aliphatic heterocycles. The summed E-state index contributed by atoms with van der Waals surface area (Å²) < 4.78 is 15.5. The molecule has 0 atom stereocenters. The van der Waals surface area contributed by atoms with Crippen molar-refractivity contribution in [2.45, 2.75) is 6.92 Å². The molecule has 0 aliphatic carbocycles. The van der Waals surface area contributed by atoms with Gasteiger partial charge in [0.1, 0.15) is 0 Å². The minimum absolute atomic E-state index is 0.472. The molecule has 0 saturated heterocycles. The maximum absolute atomic E-state index is 8.72. The lowest BCUT2D eigenvalue weighted by Crippen LogP contribution is -2.00. The fourth-order valence-electron chi connectivity index (χ4n) is 1.35. The molecule has 0 unspecified atom stereocenters. The fourth-order valence-corrected chi connectivity index (χ4v) is 1.35. The van der Waals surface area contributed by atoms with Gasteiger partial charge in [-0.15, -0.1) is 0 Å². The average molecular weight is 225 g/mol. The zero-order valence-corrected chi connectivity index (χ0v) is 9.77. The van der Waals surface area contributed by atoms with Gasteiger partial charge in [0.05, 0.1) is 27.0 Å². The zero-order valence-electron chi connectivity index (χ0n) is 9.77. The van der Waals surface area contributed by atoms with E-state index in [1.165, 1.54) is 21.3 Å². The molecule has 0 heterocycles. The summed E-state index contributed by atoms with van der Waals surface area (Å²) in [4.78, 5) is 0. The molecule has 0 aromatic heterocycles. The molecular weight excluding hydrogens is 210 g/mol. The zero-order chi connectivity index (χ0) is 12.1. The van der Waals surface area contributed by atoms with E-state index in [2.05, 4.69) is 5.16 Å². The van der Waals surface area contributed by atoms with Gasteiger partial charge < -0.3 is 19.4 Å². The minimum atomic E-state index is 0.472. The van der Waals surface area contributed by atoms with Crippen LogP contribution >= 0.6 is 0 Å². The number of oxime groups is 1. The highest BCUT2D eigenvalue weighted by atomic mass is 16.5. The summed E-state index contributed by atoms with van der Waals surface area (Å²) in [7, 11) is 4.60. The van der Waals surface area contributed by atoms with Gasteiger partial charge in [-0.2, -0.15) is 0 Å². The van der Waals surface area contributed by atoms with Crippen molar-refractivity contribution in [2.24, 2.45) is 5.16 Å². The van der Waals surface area contributed by atoms with E-state index in [1.807, 2.05) is 0 Å². The van der Waals surface area contributed by atoms with E-state index in [9.17, 15) is 0 Å². The van der Waals surface area contributed by atoms with Crippen molar-refractivity contribution in [1.29, 1.82) is 0 Å². The molecule has 0 fully saturated rings. The Bertz CT molecular complexity index is 376. The van der Waals surface area contributed by atoms with Gasteiger partial charge in [0.25, 0.3) is 0 Å². The SMILES string of the molecule is COc1cc(C(C)=NO)cc(OC)c1OC. The van der Waals surface area contributed by atoms with Crippen molar-refractivity contribution in [3.05, 3.63) is 17.7 Å². The van der Waals surface area contributed by atoms with Crippen LogP contribution in [0.4, 0.5) is 0 Å². The Hall–Kier alpha value is -1.91. The number of nitrogens with zero attached hydrogens (tertiary/aromatic N) is 1. The number of rotatable bonds is 4. The summed E-state index contributed by atoms with van der Waals surface area (Å²) in [6.07, 6.45) is 0. The van der Waals surface area contributed by atoms with Gasteiger partial charge in [-0.3, -0.25) is 0 Å². The van der Waals surface area contributed by atoms with E-state index in [0.29, 0.717) is 28.5 Å². The third kappa shape index (κ3) is 2.18. The first-order valence-electron chi connectivity index (χ1n) is 4.67. The molecule has 1 aromatic carbocycles. The Morgan fingerprint density at radius 3 is 1.88 bits per heavy atom. The van der Waals surface area contributed by atoms with Gasteiger partial charge in [0.15, 0.2) is 11.5 Å². The topological polar surface area (TPSA) is 60.3 Å². The Balaban J connectivity index is 3.37. The highest BCUT2D eigenvalue weighted by Crippen LogP contribution is 2.38. The van der Waals surface area contributed by atoms with Gasteiger partial charge in [0.2, 0.25) is 5.75 Å². The molecule has 0 saturated carbocycles. The first-order valence-corrected chi connectivity index (χ1v) is 4.67. The van der Waals surface area contributed by atoms with Crippen LogP contribution in [0.25, 0.3) is 0 Å². The monoisotopic (exact) mass is 225 g/mol. The van der Waals surface area contributed by atoms with Crippen LogP contribution in [0.3, 0.4) is 0 Å². The van der Waals surface area contributed by atoms with Crippen molar-refractivity contribution < 1.29 is 19.4 Å². The number of methoxy groups -OCH3 is 3. The third-order valence-electron chi connectivity index (χ3n) is 2.23. The van der Waals surface area contributed by atoms with Crippen molar-refractivity contribution in [1.82, 2.24) is 0 Å². The molecule has 0 radical (unpaired) electrons. The van der Waals surface area contributed by atoms with Crippen LogP contribution in [0.2, 0.25) is 0 Å². The molecule has 5 nitrogen and oxygen atoms in total. The highest BCUT2D eigenvalue weighted by molar-refractivity contribution is 5.99. The van der Waals surface area contributed by atoms with E-state index >= 15 is 0 Å². The lowest BCUT2D eigenvalue weighted by Gasteiger charge is -2.13. The molecule has 0 aliphatic rings. The lowest BCUT2D eigenvalue weighted by molar-refractivity contribution is 0.318. The second-order valence-electron chi connectivity index (χ2n) is 3.10. The Labute approximate surface area is 94.2 Å². The van der Waals surface area contributed by atoms with Crippen LogP contribution in [0.1, 0.15) is 12.5 Å². The van der Waals surface area contributed by atoms with Gasteiger partial charge in [-0.25, -0.2) is 0 Å². The third-order valence-corrected chi connectivity index (χ3v) is 2.23. The van der Waals surface area contributed by atoms with E-state index in [-0.39, 0.29) is 0 Å². The number of hydrogen-bond acceptors (Lipinski definition) is 5. The van der Waals surface area contributed by atoms with E-state index in [0.717, 1.165) is 0 Å². The molecule has 1 N–H and O–H groups in total. The average Bonchev–Trinajstić information content (AvgIpc) is 2.35. The van der Waals surface area contributed by atoms with Crippen molar-refractivity contribution >= 4 is 5.71 Å². The molecule has 0 amide bonds. The van der Waals surface area contributed by atoms with Crippen molar-refractivity contribution in [2.75, 3.05) is 21.3 Å². The summed E-state index contributed by atoms with van der Waals surface area (Å²) in [6, 6.07) is 3.44. The maximum atomic E-state index is 8.72. The predicted molar refractivity (Wildman–Crippen MR) is 60.1 cm³/mol. The quantitative estimate of drug-likeness (QED) is 0.483. The Kier molecular flexibility index (Phi) is 3.99. The summed E-state index contributed by atoms with van der Waals surface area (Å²) >= 11 is 0. The van der Waals surface area contributed by atoms with E-state index in [1.54, 1.807) is 19.1 Å². The standard InChI is InChI=1S/C11H15NO4/c1-7(12-13)8-5-9(14-2)11(16-4)10(6-8)15-3/h5-6,13H,1-4H3. The smallest absolute Gasteiger partial charge is 0.203 e. The molecule has 16 heavy (non-hydrogen) atoms.